The van der Waals surface area contributed by atoms with E-state index in [9.17, 15) is 4.79 Å². The number of hydrogen-bond donors (Lipinski definition) is 0. The van der Waals surface area contributed by atoms with Crippen LogP contribution in [0.15, 0.2) is 18.3 Å². The molecule has 0 atom stereocenters. The van der Waals surface area contributed by atoms with Crippen molar-refractivity contribution in [2.24, 2.45) is 5.41 Å². The fourth-order valence-corrected chi connectivity index (χ4v) is 3.45. The van der Waals surface area contributed by atoms with Crippen LogP contribution in [0.1, 0.15) is 44.9 Å². The molecule has 0 bridgehead atoms. The van der Waals surface area contributed by atoms with Crippen LogP contribution in [0.5, 0.6) is 0 Å². The number of ketones is 1. The number of pyridine rings is 1. The average Bonchev–Trinajstić information content (AvgIpc) is 3.01. The lowest BCUT2D eigenvalue weighted by Crippen LogP contribution is -2.30. The molecule has 2 heterocycles. The SMILES string of the molecule is CN(CC(=O)CC(C)(C)C)c1nc(-c2ccc(Cl)cn2)nc2c1CCC2. The lowest BCUT2D eigenvalue weighted by Gasteiger charge is -2.23. The first kappa shape index (κ1) is 18.8. The molecular weight excluding hydrogens is 348 g/mol. The molecule has 0 fully saturated rings. The van der Waals surface area contributed by atoms with Gasteiger partial charge in [0.05, 0.1) is 11.6 Å². The van der Waals surface area contributed by atoms with Crippen molar-refractivity contribution < 1.29 is 4.79 Å². The minimum absolute atomic E-state index is 0.00999. The highest BCUT2D eigenvalue weighted by molar-refractivity contribution is 6.30. The molecule has 0 radical (unpaired) electrons. The van der Waals surface area contributed by atoms with E-state index in [4.69, 9.17) is 21.6 Å². The Balaban J connectivity index is 1.91. The van der Waals surface area contributed by atoms with E-state index in [0.717, 1.165) is 36.3 Å². The van der Waals surface area contributed by atoms with Crippen LogP contribution in [0.4, 0.5) is 5.82 Å². The summed E-state index contributed by atoms with van der Waals surface area (Å²) >= 11 is 5.94. The van der Waals surface area contributed by atoms with Gasteiger partial charge in [-0.3, -0.25) is 9.78 Å². The van der Waals surface area contributed by atoms with Gasteiger partial charge in [-0.15, -0.1) is 0 Å². The third-order valence-corrected chi connectivity index (χ3v) is 4.59. The number of aryl methyl sites for hydroxylation is 1. The van der Waals surface area contributed by atoms with Crippen LogP contribution in [0.2, 0.25) is 5.02 Å². The van der Waals surface area contributed by atoms with Gasteiger partial charge in [0.15, 0.2) is 11.6 Å². The van der Waals surface area contributed by atoms with Gasteiger partial charge in [-0.2, -0.15) is 0 Å². The first-order chi connectivity index (χ1) is 12.2. The third kappa shape index (κ3) is 4.39. The molecule has 0 aliphatic heterocycles. The van der Waals surface area contributed by atoms with Gasteiger partial charge in [0.1, 0.15) is 11.5 Å². The zero-order chi connectivity index (χ0) is 18.9. The zero-order valence-electron chi connectivity index (χ0n) is 15.8. The number of likely N-dealkylation sites (N-methyl/N-ethyl adjacent to an activating group) is 1. The molecule has 2 aromatic heterocycles. The molecule has 6 heteroatoms. The van der Waals surface area contributed by atoms with Gasteiger partial charge in [0.25, 0.3) is 0 Å². The summed E-state index contributed by atoms with van der Waals surface area (Å²) in [6, 6.07) is 3.62. The van der Waals surface area contributed by atoms with Crippen molar-refractivity contribution in [3.8, 4) is 11.5 Å². The van der Waals surface area contributed by atoms with Gasteiger partial charge < -0.3 is 4.90 Å². The molecule has 5 nitrogen and oxygen atoms in total. The first-order valence-corrected chi connectivity index (χ1v) is 9.35. The van der Waals surface area contributed by atoms with Crippen molar-refractivity contribution in [3.63, 3.8) is 0 Å². The van der Waals surface area contributed by atoms with Crippen LogP contribution in [0.3, 0.4) is 0 Å². The predicted molar refractivity (Wildman–Crippen MR) is 105 cm³/mol. The van der Waals surface area contributed by atoms with Crippen molar-refractivity contribution in [2.75, 3.05) is 18.5 Å². The van der Waals surface area contributed by atoms with Gasteiger partial charge >= 0.3 is 0 Å². The number of fused-ring (bicyclic) bond motifs is 1. The molecule has 0 saturated carbocycles. The molecule has 3 rings (SSSR count). The number of halogens is 1. The standard InChI is InChI=1S/C20H25ClN4O/c1-20(2,3)10-14(26)12-25(4)19-15-6-5-7-16(15)23-18(24-19)17-9-8-13(21)11-22-17/h8-9,11H,5-7,10,12H2,1-4H3. The topological polar surface area (TPSA) is 59.0 Å². The molecule has 1 aliphatic rings. The summed E-state index contributed by atoms with van der Waals surface area (Å²) in [5.74, 6) is 1.66. The second-order valence-corrected chi connectivity index (χ2v) is 8.58. The summed E-state index contributed by atoms with van der Waals surface area (Å²) in [5, 5.41) is 0.583. The van der Waals surface area contributed by atoms with Crippen molar-refractivity contribution in [1.29, 1.82) is 0 Å². The minimum atomic E-state index is -0.00999. The molecule has 2 aromatic rings. The van der Waals surface area contributed by atoms with Gasteiger partial charge in [0, 0.05) is 30.9 Å². The Morgan fingerprint density at radius 3 is 2.65 bits per heavy atom. The van der Waals surface area contributed by atoms with Crippen LogP contribution < -0.4 is 4.90 Å². The number of carbonyl (C=O) groups is 1. The molecule has 0 aromatic carbocycles. The van der Waals surface area contributed by atoms with E-state index in [1.807, 2.05) is 18.0 Å². The van der Waals surface area contributed by atoms with E-state index in [1.165, 1.54) is 0 Å². The predicted octanol–water partition coefficient (Wildman–Crippen LogP) is 4.12. The van der Waals surface area contributed by atoms with Gasteiger partial charge in [-0.1, -0.05) is 32.4 Å². The fourth-order valence-electron chi connectivity index (χ4n) is 3.34. The molecule has 0 spiro atoms. The number of hydrogen-bond acceptors (Lipinski definition) is 5. The molecule has 0 saturated heterocycles. The second-order valence-electron chi connectivity index (χ2n) is 8.14. The maximum absolute atomic E-state index is 12.4. The largest absolute Gasteiger partial charge is 0.352 e. The number of Topliss-reactive ketones (excluding diaryl/α,β-unsaturated/α-hetero) is 1. The maximum atomic E-state index is 12.4. The summed E-state index contributed by atoms with van der Waals surface area (Å²) in [7, 11) is 1.93. The van der Waals surface area contributed by atoms with Gasteiger partial charge in [-0.05, 0) is 36.8 Å². The molecule has 0 N–H and O–H groups in total. The lowest BCUT2D eigenvalue weighted by molar-refractivity contribution is -0.119. The highest BCUT2D eigenvalue weighted by Gasteiger charge is 2.24. The van der Waals surface area contributed by atoms with Crippen LogP contribution in [0.25, 0.3) is 11.5 Å². The Morgan fingerprint density at radius 1 is 1.23 bits per heavy atom. The van der Waals surface area contributed by atoms with Crippen molar-refractivity contribution >= 4 is 23.2 Å². The van der Waals surface area contributed by atoms with Crippen LogP contribution in [-0.4, -0.2) is 34.3 Å². The Morgan fingerprint density at radius 2 is 2.00 bits per heavy atom. The van der Waals surface area contributed by atoms with Gasteiger partial charge in [0.2, 0.25) is 0 Å². The zero-order valence-corrected chi connectivity index (χ0v) is 16.6. The summed E-state index contributed by atoms with van der Waals surface area (Å²) < 4.78 is 0. The molecule has 1 aliphatic carbocycles. The molecule has 138 valence electrons. The van der Waals surface area contributed by atoms with Crippen LogP contribution >= 0.6 is 11.6 Å². The number of aromatic nitrogens is 3. The first-order valence-electron chi connectivity index (χ1n) is 8.97. The highest BCUT2D eigenvalue weighted by Crippen LogP contribution is 2.31. The van der Waals surface area contributed by atoms with Crippen molar-refractivity contribution in [3.05, 3.63) is 34.6 Å². The van der Waals surface area contributed by atoms with Crippen LogP contribution in [-0.2, 0) is 17.6 Å². The summed E-state index contributed by atoms with van der Waals surface area (Å²) in [6.45, 7) is 6.60. The molecular formula is C20H25ClN4O. The normalized spacial score (nSPS) is 13.6. The van der Waals surface area contributed by atoms with Crippen molar-refractivity contribution in [1.82, 2.24) is 15.0 Å². The van der Waals surface area contributed by atoms with E-state index in [1.54, 1.807) is 12.3 Å². The minimum Gasteiger partial charge on any atom is -0.352 e. The maximum Gasteiger partial charge on any atom is 0.180 e. The Bertz CT molecular complexity index is 812. The highest BCUT2D eigenvalue weighted by atomic mass is 35.5. The Labute approximate surface area is 159 Å². The molecule has 0 unspecified atom stereocenters. The van der Waals surface area contributed by atoms with E-state index in [2.05, 4.69) is 25.8 Å². The quantitative estimate of drug-likeness (QED) is 0.790. The number of nitrogens with zero attached hydrogens (tertiary/aromatic N) is 4. The summed E-state index contributed by atoms with van der Waals surface area (Å²) in [4.78, 5) is 28.2. The Kier molecular flexibility index (Phi) is 5.28. The smallest absolute Gasteiger partial charge is 0.180 e. The number of rotatable bonds is 5. The molecule has 0 amide bonds. The van der Waals surface area contributed by atoms with E-state index in [0.29, 0.717) is 29.5 Å². The number of anilines is 1. The van der Waals surface area contributed by atoms with E-state index < -0.39 is 0 Å². The summed E-state index contributed by atoms with van der Waals surface area (Å²) in [6.07, 6.45) is 5.12. The summed E-state index contributed by atoms with van der Waals surface area (Å²) in [5.41, 5.74) is 2.91. The average molecular weight is 373 g/mol. The second kappa shape index (κ2) is 7.31. The van der Waals surface area contributed by atoms with Crippen LogP contribution in [0, 0.1) is 5.41 Å². The Hall–Kier alpha value is -2.01. The van der Waals surface area contributed by atoms with E-state index in [-0.39, 0.29) is 11.2 Å². The molecule has 26 heavy (non-hydrogen) atoms. The lowest BCUT2D eigenvalue weighted by atomic mass is 9.90. The van der Waals surface area contributed by atoms with E-state index >= 15 is 0 Å². The number of carbonyl (C=O) groups excluding carboxylic acids is 1. The third-order valence-electron chi connectivity index (χ3n) is 4.37. The van der Waals surface area contributed by atoms with Gasteiger partial charge in [-0.25, -0.2) is 9.97 Å². The fraction of sp³-hybridized carbons (Fsp3) is 0.500. The van der Waals surface area contributed by atoms with Crippen molar-refractivity contribution in [2.45, 2.75) is 46.5 Å². The monoisotopic (exact) mass is 372 g/mol.